The molecule has 1 aromatic rings. The van der Waals surface area contributed by atoms with Crippen molar-refractivity contribution in [3.63, 3.8) is 0 Å². The van der Waals surface area contributed by atoms with Gasteiger partial charge in [-0.1, -0.05) is 31.2 Å². The van der Waals surface area contributed by atoms with Gasteiger partial charge in [0.2, 0.25) is 0 Å². The average molecular weight is 389 g/mol. The van der Waals surface area contributed by atoms with Gasteiger partial charge in [-0.3, -0.25) is 0 Å². The first kappa shape index (κ1) is 19.9. The molecule has 0 spiro atoms. The number of fused-ring (bicyclic) bond motifs is 3. The third-order valence-corrected chi connectivity index (χ3v) is 7.80. The number of alkyl halides is 2. The molecule has 0 aromatic heterocycles. The molecule has 28 heavy (non-hydrogen) atoms. The summed E-state index contributed by atoms with van der Waals surface area (Å²) in [5.74, 6) is 5.36. The summed E-state index contributed by atoms with van der Waals surface area (Å²) in [4.78, 5) is 0. The molecule has 0 aliphatic heterocycles. The van der Waals surface area contributed by atoms with Crippen molar-refractivity contribution < 1.29 is 13.5 Å². The van der Waals surface area contributed by atoms with Crippen LogP contribution in [0, 0.1) is 29.6 Å². The Morgan fingerprint density at radius 1 is 0.929 bits per heavy atom. The van der Waals surface area contributed by atoms with Gasteiger partial charge < -0.3 is 4.74 Å². The van der Waals surface area contributed by atoms with Crippen LogP contribution in [0.25, 0.3) is 0 Å². The first-order chi connectivity index (χ1) is 13.6. The molecule has 4 rings (SSSR count). The third-order valence-electron chi connectivity index (χ3n) is 7.80. The van der Waals surface area contributed by atoms with E-state index in [-0.39, 0.29) is 5.75 Å². The summed E-state index contributed by atoms with van der Waals surface area (Å²) >= 11 is 0. The Balaban J connectivity index is 1.36. The van der Waals surface area contributed by atoms with Gasteiger partial charge in [0.1, 0.15) is 5.75 Å². The van der Waals surface area contributed by atoms with Crippen molar-refractivity contribution in [2.75, 3.05) is 0 Å². The van der Waals surface area contributed by atoms with Crippen LogP contribution in [0.3, 0.4) is 0 Å². The zero-order valence-electron chi connectivity index (χ0n) is 17.0. The van der Waals surface area contributed by atoms with E-state index in [1.54, 1.807) is 12.1 Å². The Kier molecular flexibility index (Phi) is 6.38. The molecular weight excluding hydrogens is 354 g/mol. The molecule has 1 aromatic carbocycles. The van der Waals surface area contributed by atoms with Gasteiger partial charge in [-0.2, -0.15) is 8.78 Å². The summed E-state index contributed by atoms with van der Waals surface area (Å²) in [6, 6.07) is 7.41. The third kappa shape index (κ3) is 4.44. The Labute approximate surface area is 168 Å². The highest BCUT2D eigenvalue weighted by atomic mass is 19.3. The zero-order chi connectivity index (χ0) is 19.5. The Morgan fingerprint density at radius 2 is 1.61 bits per heavy atom. The van der Waals surface area contributed by atoms with Crippen LogP contribution in [-0.4, -0.2) is 6.61 Å². The summed E-state index contributed by atoms with van der Waals surface area (Å²) in [5.41, 5.74) is 1.30. The van der Waals surface area contributed by atoms with Crippen molar-refractivity contribution in [3.8, 4) is 5.75 Å². The van der Waals surface area contributed by atoms with Crippen LogP contribution in [0.1, 0.15) is 76.2 Å². The van der Waals surface area contributed by atoms with Gasteiger partial charge in [0.15, 0.2) is 0 Å². The smallest absolute Gasteiger partial charge is 0.387 e. The first-order valence-corrected chi connectivity index (χ1v) is 11.4. The van der Waals surface area contributed by atoms with E-state index >= 15 is 0 Å². The molecule has 3 aliphatic rings. The SMILES string of the molecule is CC/C=C/C1CCC2C(CCC3CC(c4ccc(OC(F)F)cc4)CCC32)C1. The van der Waals surface area contributed by atoms with Crippen LogP contribution in [0.4, 0.5) is 8.78 Å². The van der Waals surface area contributed by atoms with Crippen molar-refractivity contribution in [1.82, 2.24) is 0 Å². The Hall–Kier alpha value is -1.38. The Bertz CT molecular complexity index is 653. The predicted octanol–water partition coefficient (Wildman–Crippen LogP) is 7.58. The van der Waals surface area contributed by atoms with Crippen molar-refractivity contribution in [3.05, 3.63) is 42.0 Å². The molecule has 1 nitrogen and oxygen atoms in total. The fraction of sp³-hybridized carbons (Fsp3) is 0.680. The van der Waals surface area contributed by atoms with E-state index in [1.165, 1.54) is 56.9 Å². The minimum absolute atomic E-state index is 0.266. The molecule has 6 atom stereocenters. The van der Waals surface area contributed by atoms with Crippen LogP contribution >= 0.6 is 0 Å². The molecule has 3 fully saturated rings. The summed E-state index contributed by atoms with van der Waals surface area (Å²) in [6.45, 7) is -0.519. The molecular formula is C25H34F2O. The van der Waals surface area contributed by atoms with E-state index in [1.807, 2.05) is 12.1 Å². The second-order valence-corrected chi connectivity index (χ2v) is 9.29. The highest BCUT2D eigenvalue weighted by Crippen LogP contribution is 2.54. The number of benzene rings is 1. The van der Waals surface area contributed by atoms with Gasteiger partial charge in [-0.25, -0.2) is 0 Å². The largest absolute Gasteiger partial charge is 0.435 e. The van der Waals surface area contributed by atoms with Crippen LogP contribution in [0.5, 0.6) is 5.75 Å². The summed E-state index contributed by atoms with van der Waals surface area (Å²) in [7, 11) is 0. The van der Waals surface area contributed by atoms with Crippen molar-refractivity contribution in [1.29, 1.82) is 0 Å². The number of hydrogen-bond acceptors (Lipinski definition) is 1. The van der Waals surface area contributed by atoms with Gasteiger partial charge in [0.25, 0.3) is 0 Å². The molecule has 154 valence electrons. The van der Waals surface area contributed by atoms with Gasteiger partial charge in [0.05, 0.1) is 0 Å². The van der Waals surface area contributed by atoms with Crippen molar-refractivity contribution >= 4 is 0 Å². The molecule has 3 heteroatoms. The number of hydrogen-bond donors (Lipinski definition) is 0. The van der Waals surface area contributed by atoms with Crippen LogP contribution in [0.2, 0.25) is 0 Å². The first-order valence-electron chi connectivity index (χ1n) is 11.4. The second kappa shape index (κ2) is 8.97. The standard InChI is InChI=1S/C25H34F2O/c1-2-3-4-17-5-13-23-20(15-17)6-7-21-16-19(10-14-24(21)23)18-8-11-22(12-9-18)28-25(26)27/h3-4,8-9,11-12,17,19-21,23-25H,2,5-7,10,13-16H2,1H3/b4-3+. The lowest BCUT2D eigenvalue weighted by Crippen LogP contribution is -2.41. The molecule has 0 bridgehead atoms. The van der Waals surface area contributed by atoms with E-state index in [2.05, 4.69) is 23.8 Å². The maximum Gasteiger partial charge on any atom is 0.387 e. The fourth-order valence-corrected chi connectivity index (χ4v) is 6.56. The predicted molar refractivity (Wildman–Crippen MR) is 110 cm³/mol. The molecule has 0 amide bonds. The maximum atomic E-state index is 12.4. The minimum atomic E-state index is -2.75. The van der Waals surface area contributed by atoms with Crippen LogP contribution in [0.15, 0.2) is 36.4 Å². The normalized spacial score (nSPS) is 35.6. The second-order valence-electron chi connectivity index (χ2n) is 9.29. The highest BCUT2D eigenvalue weighted by molar-refractivity contribution is 5.30. The lowest BCUT2D eigenvalue weighted by molar-refractivity contribution is -0.0498. The number of ether oxygens (including phenoxy) is 1. The van der Waals surface area contributed by atoms with Gasteiger partial charge in [-0.05, 0) is 111 Å². The van der Waals surface area contributed by atoms with E-state index in [4.69, 9.17) is 0 Å². The number of rotatable bonds is 5. The lowest BCUT2D eigenvalue weighted by Gasteiger charge is -2.50. The van der Waals surface area contributed by atoms with Gasteiger partial charge in [0, 0.05) is 0 Å². The summed E-state index contributed by atoms with van der Waals surface area (Å²) < 4.78 is 29.2. The number of allylic oxidation sites excluding steroid dienone is 2. The van der Waals surface area contributed by atoms with E-state index in [0.717, 1.165) is 36.0 Å². The molecule has 6 unspecified atom stereocenters. The van der Waals surface area contributed by atoms with Crippen molar-refractivity contribution in [2.45, 2.75) is 77.2 Å². The quantitative estimate of drug-likeness (QED) is 0.472. The summed E-state index contributed by atoms with van der Waals surface area (Å²) in [6.07, 6.45) is 16.9. The van der Waals surface area contributed by atoms with E-state index in [9.17, 15) is 8.78 Å². The molecule has 0 N–H and O–H groups in total. The van der Waals surface area contributed by atoms with Crippen molar-refractivity contribution in [2.24, 2.45) is 29.6 Å². The van der Waals surface area contributed by atoms with E-state index < -0.39 is 6.61 Å². The fourth-order valence-electron chi connectivity index (χ4n) is 6.56. The maximum absolute atomic E-state index is 12.4. The molecule has 3 saturated carbocycles. The molecule has 0 heterocycles. The van der Waals surface area contributed by atoms with Gasteiger partial charge in [-0.15, -0.1) is 0 Å². The lowest BCUT2D eigenvalue weighted by atomic mass is 9.55. The van der Waals surface area contributed by atoms with Crippen LogP contribution in [-0.2, 0) is 0 Å². The van der Waals surface area contributed by atoms with Gasteiger partial charge >= 0.3 is 6.61 Å². The molecule has 0 radical (unpaired) electrons. The van der Waals surface area contributed by atoms with E-state index in [0.29, 0.717) is 5.92 Å². The number of halogens is 2. The minimum Gasteiger partial charge on any atom is -0.435 e. The average Bonchev–Trinajstić information content (AvgIpc) is 2.71. The topological polar surface area (TPSA) is 9.23 Å². The summed E-state index contributed by atoms with van der Waals surface area (Å²) in [5, 5.41) is 0. The molecule has 0 saturated heterocycles. The Morgan fingerprint density at radius 3 is 2.29 bits per heavy atom. The highest BCUT2D eigenvalue weighted by Gasteiger charge is 2.44. The monoisotopic (exact) mass is 388 g/mol. The van der Waals surface area contributed by atoms with Crippen LogP contribution < -0.4 is 4.74 Å². The zero-order valence-corrected chi connectivity index (χ0v) is 17.0. The molecule has 3 aliphatic carbocycles.